The van der Waals surface area contributed by atoms with Gasteiger partial charge in [0.1, 0.15) is 6.04 Å². The summed E-state index contributed by atoms with van der Waals surface area (Å²) in [6, 6.07) is 21.2. The molecule has 0 radical (unpaired) electrons. The number of amides is 1. The minimum absolute atomic E-state index is 0.160. The fourth-order valence-electron chi connectivity index (χ4n) is 4.81. The molecule has 0 fully saturated rings. The van der Waals surface area contributed by atoms with Crippen molar-refractivity contribution in [3.8, 4) is 0 Å². The molecule has 150 valence electrons. The van der Waals surface area contributed by atoms with Crippen LogP contribution in [0.15, 0.2) is 66.7 Å². The summed E-state index contributed by atoms with van der Waals surface area (Å²) in [6.07, 6.45) is 0.423. The van der Waals surface area contributed by atoms with Crippen molar-refractivity contribution in [1.82, 2.24) is 9.88 Å². The van der Waals surface area contributed by atoms with Gasteiger partial charge in [-0.1, -0.05) is 60.7 Å². The summed E-state index contributed by atoms with van der Waals surface area (Å²) in [6.45, 7) is 1.52. The summed E-state index contributed by atoms with van der Waals surface area (Å²) in [5.41, 5.74) is 4.02. The van der Waals surface area contributed by atoms with Crippen molar-refractivity contribution in [2.45, 2.75) is 25.4 Å². The summed E-state index contributed by atoms with van der Waals surface area (Å²) >= 11 is 0. The van der Waals surface area contributed by atoms with Gasteiger partial charge in [0.15, 0.2) is 0 Å². The van der Waals surface area contributed by atoms with E-state index in [2.05, 4.69) is 29.2 Å². The Morgan fingerprint density at radius 1 is 0.967 bits per heavy atom. The highest BCUT2D eigenvalue weighted by atomic mass is 16.5. The van der Waals surface area contributed by atoms with E-state index in [0.29, 0.717) is 6.42 Å². The SMILES string of the molecule is COC(=O)[C@@H]1Cc2c([nH]c3ccccc23)C(c2cccc3ccccc23)N1C(C)=O. The first-order valence-electron chi connectivity index (χ1n) is 10.0. The van der Waals surface area contributed by atoms with Crippen LogP contribution in [0.1, 0.15) is 29.8 Å². The molecule has 0 saturated heterocycles. The van der Waals surface area contributed by atoms with Gasteiger partial charge in [-0.3, -0.25) is 4.79 Å². The average molecular weight is 398 g/mol. The van der Waals surface area contributed by atoms with Gasteiger partial charge in [-0.15, -0.1) is 0 Å². The number of aromatic amines is 1. The lowest BCUT2D eigenvalue weighted by molar-refractivity contribution is -0.154. The molecule has 0 saturated carbocycles. The monoisotopic (exact) mass is 398 g/mol. The van der Waals surface area contributed by atoms with Crippen molar-refractivity contribution in [3.05, 3.63) is 83.6 Å². The zero-order chi connectivity index (χ0) is 20.8. The Morgan fingerprint density at radius 2 is 1.67 bits per heavy atom. The van der Waals surface area contributed by atoms with Crippen LogP contribution in [0.5, 0.6) is 0 Å². The fourth-order valence-corrected chi connectivity index (χ4v) is 4.81. The van der Waals surface area contributed by atoms with Crippen molar-refractivity contribution in [2.24, 2.45) is 0 Å². The number of ether oxygens (including phenoxy) is 1. The van der Waals surface area contributed by atoms with Crippen LogP contribution in [0.25, 0.3) is 21.7 Å². The van der Waals surface area contributed by atoms with Gasteiger partial charge in [-0.05, 0) is 28.0 Å². The number of nitrogens with one attached hydrogen (secondary N) is 1. The van der Waals surface area contributed by atoms with Crippen molar-refractivity contribution >= 4 is 33.6 Å². The number of H-pyrrole nitrogens is 1. The molecule has 5 rings (SSSR count). The van der Waals surface area contributed by atoms with Crippen molar-refractivity contribution < 1.29 is 14.3 Å². The maximum absolute atomic E-state index is 12.9. The standard InChI is InChI=1S/C25H22N2O3/c1-15(28)27-22(25(29)30-2)14-20-18-11-5-6-13-21(18)26-23(20)24(27)19-12-7-9-16-8-3-4-10-17(16)19/h3-13,22,24,26H,14H2,1-2H3/t22-,24?/m0/s1. The summed E-state index contributed by atoms with van der Waals surface area (Å²) in [5.74, 6) is -0.556. The van der Waals surface area contributed by atoms with E-state index in [-0.39, 0.29) is 5.91 Å². The second kappa shape index (κ2) is 7.02. The van der Waals surface area contributed by atoms with Gasteiger partial charge >= 0.3 is 5.97 Å². The maximum atomic E-state index is 12.9. The number of benzene rings is 3. The van der Waals surface area contributed by atoms with Gasteiger partial charge in [0, 0.05) is 29.9 Å². The Balaban J connectivity index is 1.84. The number of aromatic nitrogens is 1. The molecule has 2 atom stereocenters. The highest BCUT2D eigenvalue weighted by Gasteiger charge is 2.43. The summed E-state index contributed by atoms with van der Waals surface area (Å²) < 4.78 is 5.10. The quantitative estimate of drug-likeness (QED) is 0.511. The number of esters is 1. The highest BCUT2D eigenvalue weighted by molar-refractivity contribution is 5.92. The van der Waals surface area contributed by atoms with Crippen LogP contribution < -0.4 is 0 Å². The van der Waals surface area contributed by atoms with E-state index < -0.39 is 18.1 Å². The number of methoxy groups -OCH3 is 1. The first-order valence-corrected chi connectivity index (χ1v) is 10.0. The van der Waals surface area contributed by atoms with Crippen molar-refractivity contribution in [1.29, 1.82) is 0 Å². The van der Waals surface area contributed by atoms with E-state index >= 15 is 0 Å². The van der Waals surface area contributed by atoms with E-state index in [1.807, 2.05) is 42.5 Å². The van der Waals surface area contributed by atoms with Crippen LogP contribution in [0.2, 0.25) is 0 Å². The van der Waals surface area contributed by atoms with Gasteiger partial charge in [0.05, 0.1) is 13.2 Å². The van der Waals surface area contributed by atoms with Gasteiger partial charge in [0.25, 0.3) is 0 Å². The first kappa shape index (κ1) is 18.4. The molecule has 30 heavy (non-hydrogen) atoms. The Bertz CT molecular complexity index is 1280. The minimum Gasteiger partial charge on any atom is -0.467 e. The zero-order valence-electron chi connectivity index (χ0n) is 16.9. The van der Waals surface area contributed by atoms with Crippen LogP contribution in [0, 0.1) is 0 Å². The van der Waals surface area contributed by atoms with Gasteiger partial charge in [-0.25, -0.2) is 4.79 Å². The third kappa shape index (κ3) is 2.70. The number of fused-ring (bicyclic) bond motifs is 4. The normalized spacial score (nSPS) is 18.4. The second-order valence-corrected chi connectivity index (χ2v) is 7.70. The van der Waals surface area contributed by atoms with Crippen LogP contribution in [-0.2, 0) is 20.7 Å². The molecule has 0 spiro atoms. The molecule has 1 N–H and O–H groups in total. The van der Waals surface area contributed by atoms with Gasteiger partial charge < -0.3 is 14.6 Å². The molecular formula is C25H22N2O3. The lowest BCUT2D eigenvalue weighted by Gasteiger charge is -2.40. The Kier molecular flexibility index (Phi) is 4.31. The average Bonchev–Trinajstić information content (AvgIpc) is 3.15. The predicted molar refractivity (Wildman–Crippen MR) is 116 cm³/mol. The summed E-state index contributed by atoms with van der Waals surface area (Å²) in [5, 5.41) is 3.23. The molecule has 1 aromatic heterocycles. The van der Waals surface area contributed by atoms with Crippen LogP contribution in [0.3, 0.4) is 0 Å². The number of rotatable bonds is 2. The maximum Gasteiger partial charge on any atom is 0.328 e. The second-order valence-electron chi connectivity index (χ2n) is 7.70. The molecule has 1 unspecified atom stereocenters. The van der Waals surface area contributed by atoms with Crippen LogP contribution in [-0.4, -0.2) is 34.9 Å². The van der Waals surface area contributed by atoms with E-state index in [0.717, 1.165) is 38.5 Å². The number of carbonyl (C=O) groups is 2. The molecular weight excluding hydrogens is 376 g/mol. The molecule has 4 aromatic rings. The van der Waals surface area contributed by atoms with E-state index in [4.69, 9.17) is 4.74 Å². The van der Waals surface area contributed by atoms with Gasteiger partial charge in [-0.2, -0.15) is 0 Å². The van der Waals surface area contributed by atoms with Gasteiger partial charge in [0.2, 0.25) is 5.91 Å². The Hall–Kier alpha value is -3.60. The largest absolute Gasteiger partial charge is 0.467 e. The molecule has 1 aliphatic rings. The topological polar surface area (TPSA) is 62.4 Å². The number of carbonyl (C=O) groups excluding carboxylic acids is 2. The molecule has 3 aromatic carbocycles. The number of para-hydroxylation sites is 1. The fraction of sp³-hybridized carbons (Fsp3) is 0.200. The molecule has 0 bridgehead atoms. The summed E-state index contributed by atoms with van der Waals surface area (Å²) in [7, 11) is 1.37. The molecule has 0 aliphatic carbocycles. The molecule has 1 amide bonds. The molecule has 2 heterocycles. The lowest BCUT2D eigenvalue weighted by atomic mass is 9.86. The highest BCUT2D eigenvalue weighted by Crippen LogP contribution is 2.43. The van der Waals surface area contributed by atoms with Crippen molar-refractivity contribution in [3.63, 3.8) is 0 Å². The number of hydrogen-bond acceptors (Lipinski definition) is 3. The zero-order valence-corrected chi connectivity index (χ0v) is 16.9. The number of hydrogen-bond donors (Lipinski definition) is 1. The van der Waals surface area contributed by atoms with Crippen LogP contribution in [0.4, 0.5) is 0 Å². The lowest BCUT2D eigenvalue weighted by Crippen LogP contribution is -2.51. The minimum atomic E-state index is -0.678. The summed E-state index contributed by atoms with van der Waals surface area (Å²) in [4.78, 5) is 30.9. The third-order valence-electron chi connectivity index (χ3n) is 6.09. The Morgan fingerprint density at radius 3 is 2.43 bits per heavy atom. The third-order valence-corrected chi connectivity index (χ3v) is 6.09. The van der Waals surface area contributed by atoms with E-state index in [1.54, 1.807) is 4.90 Å². The number of nitrogens with zero attached hydrogens (tertiary/aromatic N) is 1. The van der Waals surface area contributed by atoms with E-state index in [9.17, 15) is 9.59 Å². The first-order chi connectivity index (χ1) is 14.6. The molecule has 1 aliphatic heterocycles. The Labute approximate surface area is 174 Å². The smallest absolute Gasteiger partial charge is 0.328 e. The van der Waals surface area contributed by atoms with Crippen molar-refractivity contribution in [2.75, 3.05) is 7.11 Å². The molecule has 5 nitrogen and oxygen atoms in total. The predicted octanol–water partition coefficient (Wildman–Crippen LogP) is 4.36. The molecule has 5 heteroatoms. The van der Waals surface area contributed by atoms with Crippen LogP contribution >= 0.6 is 0 Å². The van der Waals surface area contributed by atoms with E-state index in [1.165, 1.54) is 14.0 Å².